The molecule has 3 unspecified atom stereocenters. The van der Waals surface area contributed by atoms with Crippen molar-refractivity contribution in [2.75, 3.05) is 6.54 Å². The maximum Gasteiger partial charge on any atom is 0.401 e. The fourth-order valence-electron chi connectivity index (χ4n) is 2.61. The Morgan fingerprint density at radius 3 is 2.53 bits per heavy atom. The van der Waals surface area contributed by atoms with E-state index in [1.807, 2.05) is 6.92 Å². The summed E-state index contributed by atoms with van der Waals surface area (Å²) < 4.78 is 36.8. The Morgan fingerprint density at radius 1 is 1.47 bits per heavy atom. The van der Waals surface area contributed by atoms with E-state index in [4.69, 9.17) is 5.73 Å². The van der Waals surface area contributed by atoms with Gasteiger partial charge in [-0.2, -0.15) is 13.2 Å². The minimum atomic E-state index is -4.33. The molecule has 100 valence electrons. The Bertz CT molecular complexity index is 293. The van der Waals surface area contributed by atoms with Gasteiger partial charge in [0.2, 0.25) is 5.91 Å². The van der Waals surface area contributed by atoms with Crippen molar-refractivity contribution >= 4 is 5.91 Å². The molecule has 1 rings (SSSR count). The van der Waals surface area contributed by atoms with Gasteiger partial charge in [0.25, 0.3) is 0 Å². The molecule has 1 aliphatic carbocycles. The first-order valence-corrected chi connectivity index (χ1v) is 5.81. The fraction of sp³-hybridized carbons (Fsp3) is 0.909. The number of halogens is 3. The van der Waals surface area contributed by atoms with Crippen molar-refractivity contribution in [3.8, 4) is 0 Å². The second-order valence-corrected chi connectivity index (χ2v) is 4.96. The first kappa shape index (κ1) is 14.3. The Hall–Kier alpha value is -0.780. The van der Waals surface area contributed by atoms with E-state index in [1.165, 1.54) is 0 Å². The van der Waals surface area contributed by atoms with Gasteiger partial charge < -0.3 is 5.73 Å². The van der Waals surface area contributed by atoms with E-state index in [0.717, 1.165) is 12.8 Å². The predicted octanol–water partition coefficient (Wildman–Crippen LogP) is 1.82. The van der Waals surface area contributed by atoms with Crippen LogP contribution >= 0.6 is 0 Å². The molecule has 0 radical (unpaired) electrons. The van der Waals surface area contributed by atoms with Crippen molar-refractivity contribution in [2.45, 2.75) is 44.8 Å². The van der Waals surface area contributed by atoms with E-state index < -0.39 is 24.2 Å². The number of nitrogens with two attached hydrogens (primary N) is 1. The van der Waals surface area contributed by atoms with Crippen molar-refractivity contribution in [3.05, 3.63) is 0 Å². The van der Waals surface area contributed by atoms with Crippen LogP contribution in [-0.4, -0.2) is 24.2 Å². The van der Waals surface area contributed by atoms with Crippen molar-refractivity contribution in [2.24, 2.45) is 17.6 Å². The van der Waals surface area contributed by atoms with Gasteiger partial charge in [-0.1, -0.05) is 26.7 Å². The van der Waals surface area contributed by atoms with Crippen LogP contribution in [0.15, 0.2) is 0 Å². The Morgan fingerprint density at radius 2 is 2.06 bits per heavy atom. The molecule has 1 fully saturated rings. The number of carbonyl (C=O) groups excluding carboxylic acids is 1. The molecule has 1 amide bonds. The molecule has 3 N–H and O–H groups in total. The van der Waals surface area contributed by atoms with E-state index in [9.17, 15) is 18.0 Å². The molecule has 17 heavy (non-hydrogen) atoms. The minimum absolute atomic E-state index is 0.184. The summed E-state index contributed by atoms with van der Waals surface area (Å²) in [6.45, 7) is 2.56. The lowest BCUT2D eigenvalue weighted by atomic mass is 9.68. The molecule has 0 bridgehead atoms. The molecule has 0 saturated heterocycles. The first-order valence-electron chi connectivity index (χ1n) is 5.81. The van der Waals surface area contributed by atoms with Gasteiger partial charge in [0, 0.05) is 0 Å². The van der Waals surface area contributed by atoms with E-state index in [-0.39, 0.29) is 11.8 Å². The molecule has 0 aromatic carbocycles. The number of rotatable bonds is 3. The smallest absolute Gasteiger partial charge is 0.368 e. The molecule has 0 heterocycles. The second kappa shape index (κ2) is 4.84. The van der Waals surface area contributed by atoms with E-state index in [1.54, 1.807) is 6.92 Å². The maximum atomic E-state index is 12.3. The van der Waals surface area contributed by atoms with Crippen LogP contribution < -0.4 is 11.1 Å². The van der Waals surface area contributed by atoms with Crippen LogP contribution in [0.4, 0.5) is 13.2 Å². The van der Waals surface area contributed by atoms with Crippen LogP contribution in [0.5, 0.6) is 0 Å². The van der Waals surface area contributed by atoms with E-state index in [2.05, 4.69) is 5.32 Å². The summed E-state index contributed by atoms with van der Waals surface area (Å²) in [5.41, 5.74) is 4.10. The average molecular weight is 252 g/mol. The zero-order valence-electron chi connectivity index (χ0n) is 10.1. The van der Waals surface area contributed by atoms with Crippen LogP contribution in [0.1, 0.15) is 33.1 Å². The lowest BCUT2D eigenvalue weighted by molar-refractivity contribution is -0.141. The van der Waals surface area contributed by atoms with Gasteiger partial charge in [-0.15, -0.1) is 0 Å². The molecule has 1 saturated carbocycles. The topological polar surface area (TPSA) is 55.1 Å². The van der Waals surface area contributed by atoms with Crippen molar-refractivity contribution in [1.29, 1.82) is 0 Å². The van der Waals surface area contributed by atoms with Crippen LogP contribution in [0, 0.1) is 11.8 Å². The summed E-state index contributed by atoms with van der Waals surface area (Å²) in [5, 5.41) is 2.36. The third-order valence-corrected chi connectivity index (χ3v) is 3.91. The maximum absolute atomic E-state index is 12.3. The SMILES string of the molecule is CC1CCCC(NCC(F)(F)F)(C(N)=O)C1C. The quantitative estimate of drug-likeness (QED) is 0.805. The lowest BCUT2D eigenvalue weighted by Crippen LogP contribution is -2.63. The second-order valence-electron chi connectivity index (χ2n) is 4.96. The third-order valence-electron chi connectivity index (χ3n) is 3.91. The largest absolute Gasteiger partial charge is 0.401 e. The summed E-state index contributed by atoms with van der Waals surface area (Å²) in [7, 11) is 0. The Labute approximate surface area is 98.9 Å². The van der Waals surface area contributed by atoms with Gasteiger partial charge in [0.05, 0.1) is 6.54 Å². The highest BCUT2D eigenvalue weighted by molar-refractivity contribution is 5.85. The number of hydrogen-bond acceptors (Lipinski definition) is 2. The Balaban J connectivity index is 2.85. The zero-order valence-corrected chi connectivity index (χ0v) is 10.1. The highest BCUT2D eigenvalue weighted by Crippen LogP contribution is 2.38. The molecule has 0 aromatic rings. The highest BCUT2D eigenvalue weighted by Gasteiger charge is 2.47. The van der Waals surface area contributed by atoms with Gasteiger partial charge in [-0.05, 0) is 18.3 Å². The van der Waals surface area contributed by atoms with Gasteiger partial charge in [0.1, 0.15) is 5.54 Å². The fourth-order valence-corrected chi connectivity index (χ4v) is 2.61. The van der Waals surface area contributed by atoms with Crippen LogP contribution in [0.25, 0.3) is 0 Å². The molecule has 6 heteroatoms. The number of carbonyl (C=O) groups is 1. The van der Waals surface area contributed by atoms with Gasteiger partial charge in [-0.25, -0.2) is 0 Å². The summed E-state index contributed by atoms with van der Waals surface area (Å²) in [4.78, 5) is 11.5. The van der Waals surface area contributed by atoms with Crippen molar-refractivity contribution in [3.63, 3.8) is 0 Å². The summed E-state index contributed by atoms with van der Waals surface area (Å²) in [5.74, 6) is -0.672. The van der Waals surface area contributed by atoms with Gasteiger partial charge in [-0.3, -0.25) is 10.1 Å². The standard InChI is InChI=1S/C11H19F3N2O/c1-7-4-3-5-10(8(7)2,9(15)17)16-6-11(12,13)14/h7-8,16H,3-6H2,1-2H3,(H2,15,17). The normalized spacial score (nSPS) is 34.6. The van der Waals surface area contributed by atoms with Crippen molar-refractivity contribution in [1.82, 2.24) is 5.32 Å². The minimum Gasteiger partial charge on any atom is -0.368 e. The molecule has 1 aliphatic rings. The lowest BCUT2D eigenvalue weighted by Gasteiger charge is -2.44. The number of hydrogen-bond donors (Lipinski definition) is 2. The molecular formula is C11H19F3N2O. The number of amides is 1. The molecular weight excluding hydrogens is 233 g/mol. The number of primary amides is 1. The van der Waals surface area contributed by atoms with E-state index >= 15 is 0 Å². The predicted molar refractivity (Wildman–Crippen MR) is 58.2 cm³/mol. The third kappa shape index (κ3) is 3.12. The summed E-state index contributed by atoms with van der Waals surface area (Å²) >= 11 is 0. The number of nitrogens with one attached hydrogen (secondary N) is 1. The molecule has 0 aliphatic heterocycles. The first-order chi connectivity index (χ1) is 7.69. The summed E-state index contributed by atoms with van der Waals surface area (Å²) in [6, 6.07) is 0. The molecule has 3 nitrogen and oxygen atoms in total. The molecule has 3 atom stereocenters. The highest BCUT2D eigenvalue weighted by atomic mass is 19.4. The van der Waals surface area contributed by atoms with E-state index in [0.29, 0.717) is 6.42 Å². The van der Waals surface area contributed by atoms with Gasteiger partial charge in [0.15, 0.2) is 0 Å². The molecule has 0 aromatic heterocycles. The summed E-state index contributed by atoms with van der Waals surface area (Å²) in [6.07, 6.45) is -2.31. The molecule has 0 spiro atoms. The van der Waals surface area contributed by atoms with Crippen LogP contribution in [0.3, 0.4) is 0 Å². The average Bonchev–Trinajstić information content (AvgIpc) is 2.19. The van der Waals surface area contributed by atoms with Gasteiger partial charge >= 0.3 is 6.18 Å². The van der Waals surface area contributed by atoms with Crippen LogP contribution in [0.2, 0.25) is 0 Å². The Kier molecular flexibility index (Phi) is 4.06. The monoisotopic (exact) mass is 252 g/mol. The van der Waals surface area contributed by atoms with Crippen molar-refractivity contribution < 1.29 is 18.0 Å². The number of alkyl halides is 3. The van der Waals surface area contributed by atoms with Crippen LogP contribution in [-0.2, 0) is 4.79 Å². The zero-order chi connectivity index (χ0) is 13.3.